The number of rotatable bonds is 13. The highest BCUT2D eigenvalue weighted by atomic mass is 35.5. The average Bonchev–Trinajstić information content (AvgIpc) is 3.54. The maximum Gasteiger partial charge on any atom is 0.341 e. The smallest absolute Gasteiger partial charge is 0.341 e. The Bertz CT molecular complexity index is 2170. The SMILES string of the molecule is CCC(Sc1cccc(NC(=O)/C(=C\c2ccccc2Cl)NC(=O)c2ccccc2)c1)C(=O)Nc1sc2c(c1C(=O)OC)CCN(Cc1ccccc1)C2. The second-order valence-electron chi connectivity index (χ2n) is 12.5. The number of esters is 1. The zero-order valence-electron chi connectivity index (χ0n) is 29.8. The number of thioether (sulfide) groups is 1. The van der Waals surface area contributed by atoms with Gasteiger partial charge in [-0.25, -0.2) is 4.79 Å². The van der Waals surface area contributed by atoms with Crippen LogP contribution in [0.15, 0.2) is 120 Å². The van der Waals surface area contributed by atoms with Gasteiger partial charge < -0.3 is 20.7 Å². The molecule has 1 atom stereocenters. The molecule has 4 aromatic carbocycles. The molecule has 0 bridgehead atoms. The zero-order chi connectivity index (χ0) is 38.0. The second-order valence-corrected chi connectivity index (χ2v) is 15.3. The summed E-state index contributed by atoms with van der Waals surface area (Å²) in [5.74, 6) is -1.70. The number of ether oxygens (including phenoxy) is 1. The van der Waals surface area contributed by atoms with Crippen molar-refractivity contribution in [2.24, 2.45) is 0 Å². The molecular weight excluding hydrogens is 740 g/mol. The summed E-state index contributed by atoms with van der Waals surface area (Å²) in [7, 11) is 1.35. The predicted molar refractivity (Wildman–Crippen MR) is 217 cm³/mol. The van der Waals surface area contributed by atoms with Crippen LogP contribution in [0.4, 0.5) is 10.7 Å². The maximum absolute atomic E-state index is 13.8. The van der Waals surface area contributed by atoms with Gasteiger partial charge in [-0.1, -0.05) is 91.3 Å². The monoisotopic (exact) mass is 778 g/mol. The van der Waals surface area contributed by atoms with Gasteiger partial charge in [0.05, 0.1) is 17.9 Å². The third-order valence-electron chi connectivity index (χ3n) is 8.78. The number of hydrogen-bond acceptors (Lipinski definition) is 8. The highest BCUT2D eigenvalue weighted by Gasteiger charge is 2.30. The van der Waals surface area contributed by atoms with Crippen molar-refractivity contribution in [3.05, 3.63) is 153 Å². The zero-order valence-corrected chi connectivity index (χ0v) is 32.2. The minimum Gasteiger partial charge on any atom is -0.465 e. The van der Waals surface area contributed by atoms with E-state index in [0.717, 1.165) is 28.4 Å². The van der Waals surface area contributed by atoms with Crippen LogP contribution in [-0.4, -0.2) is 47.5 Å². The molecule has 3 N–H and O–H groups in total. The van der Waals surface area contributed by atoms with Crippen molar-refractivity contribution in [2.75, 3.05) is 24.3 Å². The fourth-order valence-corrected chi connectivity index (χ4v) is 8.54. The molecule has 0 radical (unpaired) electrons. The van der Waals surface area contributed by atoms with Gasteiger partial charge in [-0.3, -0.25) is 19.3 Å². The summed E-state index contributed by atoms with van der Waals surface area (Å²) in [6.45, 7) is 4.17. The van der Waals surface area contributed by atoms with E-state index < -0.39 is 23.0 Å². The van der Waals surface area contributed by atoms with E-state index in [-0.39, 0.29) is 11.6 Å². The molecule has 0 aliphatic carbocycles. The van der Waals surface area contributed by atoms with Crippen LogP contribution in [0.25, 0.3) is 6.08 Å². The Morgan fingerprint density at radius 2 is 1.65 bits per heavy atom. The Hall–Kier alpha value is -5.20. The van der Waals surface area contributed by atoms with Crippen LogP contribution in [0, 0.1) is 0 Å². The van der Waals surface area contributed by atoms with Crippen LogP contribution in [0.1, 0.15) is 55.6 Å². The number of thiophene rings is 1. The van der Waals surface area contributed by atoms with E-state index in [1.807, 2.05) is 31.2 Å². The number of carbonyl (C=O) groups excluding carboxylic acids is 4. The lowest BCUT2D eigenvalue weighted by atomic mass is 10.0. The third kappa shape index (κ3) is 9.66. The van der Waals surface area contributed by atoms with Gasteiger partial charge in [0.25, 0.3) is 11.8 Å². The van der Waals surface area contributed by atoms with E-state index in [1.165, 1.54) is 41.8 Å². The standard InChI is InChI=1S/C42H39ClN4O5S2/c1-3-35(40(50)46-41-37(42(51)52-2)32-21-22-47(26-36(32)54-41)25-27-13-6-4-7-14-27)53-31-19-12-18-30(24-31)44-39(49)34(23-29-17-10-11-20-33(29)43)45-38(48)28-15-8-5-9-16-28/h4-20,23-24,35H,3,21-22,25-26H2,1-2H3,(H,44,49)(H,45,48)(H,46,50)/b34-23+. The Morgan fingerprint density at radius 3 is 2.37 bits per heavy atom. The minimum atomic E-state index is -0.550. The van der Waals surface area contributed by atoms with Gasteiger partial charge in [0, 0.05) is 45.7 Å². The van der Waals surface area contributed by atoms with Crippen LogP contribution >= 0.6 is 34.7 Å². The third-order valence-corrected chi connectivity index (χ3v) is 11.6. The molecule has 1 aliphatic rings. The summed E-state index contributed by atoms with van der Waals surface area (Å²) in [6.07, 6.45) is 2.71. The van der Waals surface area contributed by atoms with Crippen molar-refractivity contribution in [1.82, 2.24) is 10.2 Å². The Balaban J connectivity index is 1.16. The highest BCUT2D eigenvalue weighted by Crippen LogP contribution is 2.39. The molecule has 12 heteroatoms. The molecule has 276 valence electrons. The first kappa shape index (κ1) is 38.5. The number of benzene rings is 4. The first-order valence-corrected chi connectivity index (χ1v) is 19.5. The molecule has 6 rings (SSSR count). The lowest BCUT2D eigenvalue weighted by molar-refractivity contribution is -0.116. The molecule has 2 heterocycles. The molecular formula is C42H39ClN4O5S2. The van der Waals surface area contributed by atoms with E-state index in [0.29, 0.717) is 51.8 Å². The molecule has 0 saturated heterocycles. The van der Waals surface area contributed by atoms with Gasteiger partial charge in [-0.2, -0.15) is 0 Å². The van der Waals surface area contributed by atoms with Crippen LogP contribution in [0.5, 0.6) is 0 Å². The van der Waals surface area contributed by atoms with E-state index in [4.69, 9.17) is 16.3 Å². The van der Waals surface area contributed by atoms with Crippen molar-refractivity contribution in [3.8, 4) is 0 Å². The number of methoxy groups -OCH3 is 1. The average molecular weight is 779 g/mol. The van der Waals surface area contributed by atoms with E-state index in [9.17, 15) is 19.2 Å². The molecule has 0 spiro atoms. The van der Waals surface area contributed by atoms with E-state index in [2.05, 4.69) is 33.0 Å². The number of nitrogens with zero attached hydrogens (tertiary/aromatic N) is 1. The van der Waals surface area contributed by atoms with E-state index in [1.54, 1.807) is 72.8 Å². The summed E-state index contributed by atoms with van der Waals surface area (Å²) >= 11 is 9.16. The van der Waals surface area contributed by atoms with Crippen LogP contribution in [-0.2, 0) is 33.8 Å². The molecule has 54 heavy (non-hydrogen) atoms. The first-order valence-electron chi connectivity index (χ1n) is 17.4. The topological polar surface area (TPSA) is 117 Å². The maximum atomic E-state index is 13.8. The van der Waals surface area contributed by atoms with Crippen molar-refractivity contribution >= 4 is 75.2 Å². The molecule has 0 fully saturated rings. The fourth-order valence-electron chi connectivity index (χ4n) is 6.05. The molecule has 5 aromatic rings. The molecule has 3 amide bonds. The van der Waals surface area contributed by atoms with Gasteiger partial charge in [0.1, 0.15) is 10.7 Å². The van der Waals surface area contributed by atoms with Crippen LogP contribution in [0.2, 0.25) is 5.02 Å². The minimum absolute atomic E-state index is 0.00376. The number of halogens is 1. The fraction of sp³-hybridized carbons (Fsp3) is 0.190. The normalized spacial score (nSPS) is 13.4. The summed E-state index contributed by atoms with van der Waals surface area (Å²) in [6, 6.07) is 33.0. The molecule has 1 aromatic heterocycles. The summed E-state index contributed by atoms with van der Waals surface area (Å²) in [5.41, 5.74) is 4.00. The highest BCUT2D eigenvalue weighted by molar-refractivity contribution is 8.00. The summed E-state index contributed by atoms with van der Waals surface area (Å²) < 4.78 is 5.16. The van der Waals surface area contributed by atoms with E-state index >= 15 is 0 Å². The lowest BCUT2D eigenvalue weighted by Crippen LogP contribution is -2.30. The Morgan fingerprint density at radius 1 is 0.926 bits per heavy atom. The number of hydrogen-bond donors (Lipinski definition) is 3. The molecule has 0 saturated carbocycles. The van der Waals surface area contributed by atoms with Crippen molar-refractivity contribution in [3.63, 3.8) is 0 Å². The molecule has 9 nitrogen and oxygen atoms in total. The Labute approximate surface area is 327 Å². The largest absolute Gasteiger partial charge is 0.465 e. The summed E-state index contributed by atoms with van der Waals surface area (Å²) in [5, 5.41) is 9.07. The number of fused-ring (bicyclic) bond motifs is 1. The van der Waals surface area contributed by atoms with Gasteiger partial charge in [0.15, 0.2) is 0 Å². The lowest BCUT2D eigenvalue weighted by Gasteiger charge is -2.27. The predicted octanol–water partition coefficient (Wildman–Crippen LogP) is 8.67. The number of anilines is 2. The van der Waals surface area contributed by atoms with Gasteiger partial charge >= 0.3 is 5.97 Å². The quantitative estimate of drug-likeness (QED) is 0.0623. The van der Waals surface area contributed by atoms with Gasteiger partial charge in [-0.05, 0) is 72.0 Å². The van der Waals surface area contributed by atoms with Crippen molar-refractivity contribution in [2.45, 2.75) is 43.0 Å². The summed E-state index contributed by atoms with van der Waals surface area (Å²) in [4.78, 5) is 57.7. The molecule has 1 unspecified atom stereocenters. The van der Waals surface area contributed by atoms with Crippen LogP contribution < -0.4 is 16.0 Å². The van der Waals surface area contributed by atoms with Crippen molar-refractivity contribution in [1.29, 1.82) is 0 Å². The number of carbonyl (C=O) groups is 4. The number of amides is 3. The van der Waals surface area contributed by atoms with Crippen LogP contribution in [0.3, 0.4) is 0 Å². The first-order chi connectivity index (χ1) is 26.2. The van der Waals surface area contributed by atoms with Gasteiger partial charge in [-0.15, -0.1) is 23.1 Å². The second kappa shape index (κ2) is 18.2. The number of nitrogens with one attached hydrogen (secondary N) is 3. The Kier molecular flexibility index (Phi) is 13.0. The van der Waals surface area contributed by atoms with Crippen molar-refractivity contribution < 1.29 is 23.9 Å². The van der Waals surface area contributed by atoms with Gasteiger partial charge in [0.2, 0.25) is 5.91 Å². The molecule has 1 aliphatic heterocycles.